The number of methoxy groups -OCH3 is 1. The van der Waals surface area contributed by atoms with Gasteiger partial charge in [0.05, 0.1) is 31.6 Å². The summed E-state index contributed by atoms with van der Waals surface area (Å²) in [5.41, 5.74) is 0. The van der Waals surface area contributed by atoms with Crippen LogP contribution in [-0.4, -0.2) is 41.2 Å². The van der Waals surface area contributed by atoms with Crippen LogP contribution in [-0.2, 0) is 10.0 Å². The maximum atomic E-state index is 12.4. The second-order valence-electron chi connectivity index (χ2n) is 6.52. The second-order valence-corrected chi connectivity index (χ2v) is 8.29. The Labute approximate surface area is 138 Å². The van der Waals surface area contributed by atoms with E-state index >= 15 is 0 Å². The zero-order valence-corrected chi connectivity index (χ0v) is 14.3. The Morgan fingerprint density at radius 2 is 2.13 bits per heavy atom. The Morgan fingerprint density at radius 1 is 1.39 bits per heavy atom. The third kappa shape index (κ3) is 3.44. The molecule has 3 heterocycles. The highest BCUT2D eigenvalue weighted by molar-refractivity contribution is 7.89. The maximum absolute atomic E-state index is 12.4. The van der Waals surface area contributed by atoms with E-state index in [0.29, 0.717) is 30.2 Å². The summed E-state index contributed by atoms with van der Waals surface area (Å²) in [5, 5.41) is 0. The summed E-state index contributed by atoms with van der Waals surface area (Å²) in [6.45, 7) is 6.67. The Morgan fingerprint density at radius 3 is 2.70 bits per heavy atom. The highest BCUT2D eigenvalue weighted by Gasteiger charge is 2.42. The SMILES string of the molecule is C=C[C@H]1C[NH+]2CC[C@H]1C[C@@H]2CNS(=O)(=O)c1ccc(OC)cc1. The first-order chi connectivity index (χ1) is 11.0. The van der Waals surface area contributed by atoms with Crippen LogP contribution >= 0.6 is 0 Å². The van der Waals surface area contributed by atoms with Crippen molar-refractivity contribution in [1.82, 2.24) is 4.72 Å². The minimum absolute atomic E-state index is 0.285. The molecular weight excluding hydrogens is 312 g/mol. The minimum atomic E-state index is -3.46. The average Bonchev–Trinajstić information content (AvgIpc) is 2.60. The van der Waals surface area contributed by atoms with Gasteiger partial charge in [-0.05, 0) is 30.2 Å². The number of hydrogen-bond acceptors (Lipinski definition) is 3. The monoisotopic (exact) mass is 337 g/mol. The molecule has 5 nitrogen and oxygen atoms in total. The molecule has 0 spiro atoms. The third-order valence-electron chi connectivity index (χ3n) is 5.30. The van der Waals surface area contributed by atoms with Crippen molar-refractivity contribution >= 4 is 10.0 Å². The van der Waals surface area contributed by atoms with Crippen molar-refractivity contribution in [1.29, 1.82) is 0 Å². The lowest BCUT2D eigenvalue weighted by atomic mass is 9.76. The summed E-state index contributed by atoms with van der Waals surface area (Å²) < 4.78 is 32.7. The predicted molar refractivity (Wildman–Crippen MR) is 89.1 cm³/mol. The van der Waals surface area contributed by atoms with Crippen LogP contribution in [0.15, 0.2) is 41.8 Å². The predicted octanol–water partition coefficient (Wildman–Crippen LogP) is 0.453. The van der Waals surface area contributed by atoms with E-state index in [1.807, 2.05) is 0 Å². The number of fused-ring (bicyclic) bond motifs is 3. The highest BCUT2D eigenvalue weighted by atomic mass is 32.2. The minimum Gasteiger partial charge on any atom is -0.497 e. The summed E-state index contributed by atoms with van der Waals surface area (Å²) >= 11 is 0. The summed E-state index contributed by atoms with van der Waals surface area (Å²) in [6, 6.07) is 6.86. The van der Waals surface area contributed by atoms with Gasteiger partial charge in [-0.1, -0.05) is 6.08 Å². The molecule has 0 saturated carbocycles. The lowest BCUT2D eigenvalue weighted by Crippen LogP contribution is -3.20. The lowest BCUT2D eigenvalue weighted by molar-refractivity contribution is -0.944. The van der Waals surface area contributed by atoms with Crippen LogP contribution in [0.2, 0.25) is 0 Å². The van der Waals surface area contributed by atoms with Gasteiger partial charge < -0.3 is 9.64 Å². The van der Waals surface area contributed by atoms with Crippen LogP contribution in [0, 0.1) is 11.8 Å². The first-order valence-electron chi connectivity index (χ1n) is 8.14. The van der Waals surface area contributed by atoms with Gasteiger partial charge in [0.25, 0.3) is 0 Å². The molecule has 2 N–H and O–H groups in total. The Kier molecular flexibility index (Phi) is 4.75. The topological polar surface area (TPSA) is 59.8 Å². The van der Waals surface area contributed by atoms with Gasteiger partial charge in [0.2, 0.25) is 10.0 Å². The van der Waals surface area contributed by atoms with Crippen molar-refractivity contribution < 1.29 is 18.1 Å². The van der Waals surface area contributed by atoms with Gasteiger partial charge in [-0.25, -0.2) is 13.1 Å². The largest absolute Gasteiger partial charge is 0.497 e. The molecule has 1 aromatic carbocycles. The number of hydrogen-bond donors (Lipinski definition) is 2. The van der Waals surface area contributed by atoms with Gasteiger partial charge in [-0.15, -0.1) is 6.58 Å². The molecular formula is C17H25N2O3S+. The van der Waals surface area contributed by atoms with Crippen LogP contribution in [0.4, 0.5) is 0 Å². The Balaban J connectivity index is 1.62. The molecule has 3 fully saturated rings. The van der Waals surface area contributed by atoms with Crippen LogP contribution < -0.4 is 14.4 Å². The first-order valence-corrected chi connectivity index (χ1v) is 9.62. The van der Waals surface area contributed by atoms with Crippen LogP contribution in [0.1, 0.15) is 12.8 Å². The van der Waals surface area contributed by atoms with Gasteiger partial charge in [0, 0.05) is 18.8 Å². The molecule has 0 radical (unpaired) electrons. The highest BCUT2D eigenvalue weighted by Crippen LogP contribution is 2.27. The molecule has 0 aliphatic carbocycles. The molecule has 3 aliphatic rings. The molecule has 4 atom stereocenters. The van der Waals surface area contributed by atoms with Crippen molar-refractivity contribution in [2.24, 2.45) is 11.8 Å². The van der Waals surface area contributed by atoms with E-state index in [9.17, 15) is 8.42 Å². The number of benzene rings is 1. The molecule has 4 rings (SSSR count). The molecule has 3 saturated heterocycles. The summed E-state index contributed by atoms with van der Waals surface area (Å²) in [7, 11) is -1.90. The normalized spacial score (nSPS) is 30.1. The molecule has 6 heteroatoms. The van der Waals surface area contributed by atoms with Crippen LogP contribution in [0.25, 0.3) is 0 Å². The van der Waals surface area contributed by atoms with E-state index in [2.05, 4.69) is 17.4 Å². The molecule has 1 unspecified atom stereocenters. The van der Waals surface area contributed by atoms with Crippen molar-refractivity contribution in [2.75, 3.05) is 26.7 Å². The number of piperidine rings is 3. The van der Waals surface area contributed by atoms with E-state index in [0.717, 1.165) is 19.5 Å². The van der Waals surface area contributed by atoms with E-state index in [1.165, 1.54) is 11.3 Å². The van der Waals surface area contributed by atoms with Crippen LogP contribution in [0.3, 0.4) is 0 Å². The summed E-state index contributed by atoms with van der Waals surface area (Å²) in [5.74, 6) is 1.91. The molecule has 0 aromatic heterocycles. The number of nitrogens with one attached hydrogen (secondary N) is 2. The fraction of sp³-hybridized carbons (Fsp3) is 0.529. The second kappa shape index (κ2) is 6.63. The van der Waals surface area contributed by atoms with Crippen molar-refractivity contribution in [2.45, 2.75) is 23.8 Å². The smallest absolute Gasteiger partial charge is 0.240 e. The standard InChI is InChI=1S/C17H24N2O3S/c1-3-13-12-19-9-8-14(13)10-15(19)11-18-23(20,21)17-6-4-16(22-2)5-7-17/h3-7,13-15,18H,1,8-12H2,2H3/p+1/t13-,14-,15+/m0/s1. The van der Waals surface area contributed by atoms with E-state index in [4.69, 9.17) is 4.74 Å². The Hall–Kier alpha value is -1.37. The van der Waals surface area contributed by atoms with E-state index in [1.54, 1.807) is 31.4 Å². The fourth-order valence-electron chi connectivity index (χ4n) is 3.90. The molecule has 23 heavy (non-hydrogen) atoms. The number of rotatable bonds is 6. The molecule has 2 bridgehead atoms. The number of quaternary nitrogens is 1. The number of sulfonamides is 1. The first kappa shape index (κ1) is 16.5. The van der Waals surface area contributed by atoms with Gasteiger partial charge in [0.1, 0.15) is 11.8 Å². The van der Waals surface area contributed by atoms with Crippen molar-refractivity contribution in [3.63, 3.8) is 0 Å². The van der Waals surface area contributed by atoms with E-state index in [-0.39, 0.29) is 4.90 Å². The van der Waals surface area contributed by atoms with Gasteiger partial charge in [-0.3, -0.25) is 0 Å². The van der Waals surface area contributed by atoms with Crippen molar-refractivity contribution in [3.8, 4) is 5.75 Å². The van der Waals surface area contributed by atoms with Gasteiger partial charge in [0.15, 0.2) is 0 Å². The molecule has 0 amide bonds. The van der Waals surface area contributed by atoms with Crippen LogP contribution in [0.5, 0.6) is 5.75 Å². The Bertz CT molecular complexity index is 657. The summed E-state index contributed by atoms with van der Waals surface area (Å²) in [6.07, 6.45) is 4.38. The zero-order chi connectivity index (χ0) is 16.4. The van der Waals surface area contributed by atoms with E-state index < -0.39 is 10.0 Å². The summed E-state index contributed by atoms with van der Waals surface area (Å²) in [4.78, 5) is 1.79. The molecule has 1 aromatic rings. The molecule has 126 valence electrons. The fourth-order valence-corrected chi connectivity index (χ4v) is 4.99. The zero-order valence-electron chi connectivity index (χ0n) is 13.5. The lowest BCUT2D eigenvalue weighted by Gasteiger charge is -2.46. The van der Waals surface area contributed by atoms with Gasteiger partial charge >= 0.3 is 0 Å². The number of ether oxygens (including phenoxy) is 1. The van der Waals surface area contributed by atoms with Gasteiger partial charge in [-0.2, -0.15) is 0 Å². The van der Waals surface area contributed by atoms with Crippen molar-refractivity contribution in [3.05, 3.63) is 36.9 Å². The quantitative estimate of drug-likeness (QED) is 0.741. The average molecular weight is 337 g/mol. The third-order valence-corrected chi connectivity index (χ3v) is 6.74. The molecule has 3 aliphatic heterocycles. The maximum Gasteiger partial charge on any atom is 0.240 e.